The minimum absolute atomic E-state index is 0.115. The Labute approximate surface area is 101 Å². The molecule has 0 aliphatic rings. The van der Waals surface area contributed by atoms with E-state index in [1.807, 2.05) is 0 Å². The maximum Gasteiger partial charge on any atom is 0.339 e. The van der Waals surface area contributed by atoms with Crippen LogP contribution in [0.5, 0.6) is 0 Å². The molecule has 0 atom stereocenters. The summed E-state index contributed by atoms with van der Waals surface area (Å²) in [6, 6.07) is 2.49. The lowest BCUT2D eigenvalue weighted by molar-refractivity contribution is 0.0698. The minimum Gasteiger partial charge on any atom is -0.478 e. The molecular weight excluding hydrogens is 279 g/mol. The van der Waals surface area contributed by atoms with Crippen LogP contribution in [-0.4, -0.2) is 19.5 Å². The summed E-state index contributed by atoms with van der Waals surface area (Å²) in [5.74, 6) is -1.42. The molecule has 16 heavy (non-hydrogen) atoms. The molecule has 0 aromatic heterocycles. The third-order valence-corrected chi connectivity index (χ3v) is 2.68. The molecule has 0 amide bonds. The van der Waals surface area contributed by atoms with Crippen LogP contribution in [0.3, 0.4) is 0 Å². The summed E-state index contributed by atoms with van der Waals surface area (Å²) in [5, 5.41) is 13.3. The second-order valence-corrected chi connectivity index (χ2v) is 4.84. The van der Waals surface area contributed by atoms with E-state index in [0.29, 0.717) is 0 Å². The number of rotatable bonds is 3. The van der Waals surface area contributed by atoms with E-state index in [1.165, 1.54) is 12.1 Å². The normalized spacial score (nSPS) is 11.2. The molecule has 1 aromatic carbocycles. The number of hydrogen-bond donors (Lipinski definition) is 3. The molecule has 0 bridgehead atoms. The third-order valence-electron chi connectivity index (χ3n) is 1.56. The number of nitrogens with two attached hydrogens (primary N) is 1. The van der Waals surface area contributed by atoms with Crippen LogP contribution < -0.4 is 9.86 Å². The van der Waals surface area contributed by atoms with E-state index in [-0.39, 0.29) is 15.7 Å². The zero-order chi connectivity index (χ0) is 12.5. The van der Waals surface area contributed by atoms with Gasteiger partial charge in [-0.05, 0) is 12.1 Å². The Hall–Kier alpha value is -1.02. The fraction of sp³-hybridized carbons (Fsp3) is 0. The van der Waals surface area contributed by atoms with E-state index in [2.05, 4.69) is 0 Å². The summed E-state index contributed by atoms with van der Waals surface area (Å²) in [4.78, 5) is 10.9. The van der Waals surface area contributed by atoms with Gasteiger partial charge in [0.05, 0.1) is 15.7 Å². The van der Waals surface area contributed by atoms with Gasteiger partial charge in [-0.2, -0.15) is 8.42 Å². The summed E-state index contributed by atoms with van der Waals surface area (Å²) in [6.45, 7) is 0. The summed E-state index contributed by atoms with van der Waals surface area (Å²) < 4.78 is 23.4. The number of carboxylic acid groups (broad SMARTS) is 1. The molecule has 0 saturated carbocycles. The van der Waals surface area contributed by atoms with E-state index in [1.54, 1.807) is 4.72 Å². The summed E-state index contributed by atoms with van der Waals surface area (Å²) in [7, 11) is -4.13. The number of carbonyl (C=O) groups is 1. The van der Waals surface area contributed by atoms with Crippen molar-refractivity contribution >= 4 is 45.1 Å². The molecule has 0 aliphatic heterocycles. The highest BCUT2D eigenvalue weighted by molar-refractivity contribution is 7.90. The Morgan fingerprint density at radius 2 is 1.81 bits per heavy atom. The highest BCUT2D eigenvalue weighted by Crippen LogP contribution is 2.32. The average molecular weight is 285 g/mol. The molecule has 88 valence electrons. The fourth-order valence-electron chi connectivity index (χ4n) is 1.00. The van der Waals surface area contributed by atoms with Gasteiger partial charge in [0.2, 0.25) is 0 Å². The fourth-order valence-corrected chi connectivity index (χ4v) is 2.00. The Kier molecular flexibility index (Phi) is 3.64. The molecule has 0 aliphatic carbocycles. The molecule has 0 spiro atoms. The maximum absolute atomic E-state index is 10.9. The standard InChI is InChI=1S/C7H6Cl2N2O4S/c8-3-1-2-4(9)6(5(3)7(12)13)11-16(10,14)15/h1-2,11H,(H,12,13)(H2,10,14,15). The first-order chi connectivity index (χ1) is 7.22. The van der Waals surface area contributed by atoms with Crippen molar-refractivity contribution in [2.75, 3.05) is 4.72 Å². The molecule has 4 N–H and O–H groups in total. The second-order valence-electron chi connectivity index (χ2n) is 2.73. The molecule has 0 radical (unpaired) electrons. The molecule has 0 heterocycles. The predicted octanol–water partition coefficient (Wildman–Crippen LogP) is 1.31. The van der Waals surface area contributed by atoms with Gasteiger partial charge in [0.15, 0.2) is 0 Å². The van der Waals surface area contributed by atoms with Crippen LogP contribution in [-0.2, 0) is 10.2 Å². The summed E-state index contributed by atoms with van der Waals surface area (Å²) >= 11 is 11.3. The molecule has 0 fully saturated rings. The van der Waals surface area contributed by atoms with E-state index >= 15 is 0 Å². The Morgan fingerprint density at radius 3 is 2.25 bits per heavy atom. The van der Waals surface area contributed by atoms with E-state index in [9.17, 15) is 13.2 Å². The van der Waals surface area contributed by atoms with Crippen LogP contribution in [0.15, 0.2) is 12.1 Å². The number of nitrogens with one attached hydrogen (secondary N) is 1. The van der Waals surface area contributed by atoms with Crippen molar-refractivity contribution in [3.8, 4) is 0 Å². The summed E-state index contributed by atoms with van der Waals surface area (Å²) in [6.07, 6.45) is 0. The van der Waals surface area contributed by atoms with Crippen molar-refractivity contribution in [2.24, 2.45) is 5.14 Å². The Balaban J connectivity index is 3.46. The first-order valence-electron chi connectivity index (χ1n) is 3.74. The largest absolute Gasteiger partial charge is 0.478 e. The van der Waals surface area contributed by atoms with Crippen molar-refractivity contribution in [3.63, 3.8) is 0 Å². The monoisotopic (exact) mass is 284 g/mol. The van der Waals surface area contributed by atoms with Gasteiger partial charge in [0.1, 0.15) is 5.56 Å². The van der Waals surface area contributed by atoms with Gasteiger partial charge in [-0.1, -0.05) is 23.2 Å². The molecule has 0 unspecified atom stereocenters. The van der Waals surface area contributed by atoms with Crippen LogP contribution in [0, 0.1) is 0 Å². The van der Waals surface area contributed by atoms with Gasteiger partial charge >= 0.3 is 5.97 Å². The van der Waals surface area contributed by atoms with Crippen molar-refractivity contribution < 1.29 is 18.3 Å². The van der Waals surface area contributed by atoms with Gasteiger partial charge < -0.3 is 5.11 Å². The molecule has 6 nitrogen and oxygen atoms in total. The number of aromatic carboxylic acids is 1. The van der Waals surface area contributed by atoms with Crippen molar-refractivity contribution in [1.29, 1.82) is 0 Å². The smallest absolute Gasteiger partial charge is 0.339 e. The van der Waals surface area contributed by atoms with Gasteiger partial charge in [-0.15, -0.1) is 0 Å². The quantitative estimate of drug-likeness (QED) is 0.777. The van der Waals surface area contributed by atoms with E-state index < -0.39 is 21.7 Å². The van der Waals surface area contributed by atoms with Crippen LogP contribution in [0.1, 0.15) is 10.4 Å². The first kappa shape index (κ1) is 13.0. The highest BCUT2D eigenvalue weighted by Gasteiger charge is 2.20. The zero-order valence-electron chi connectivity index (χ0n) is 7.57. The lowest BCUT2D eigenvalue weighted by Gasteiger charge is -2.10. The SMILES string of the molecule is NS(=O)(=O)Nc1c(Cl)ccc(Cl)c1C(=O)O. The molecule has 9 heteroatoms. The summed E-state index contributed by atoms with van der Waals surface area (Å²) in [5.41, 5.74) is -0.813. The minimum atomic E-state index is -4.13. The van der Waals surface area contributed by atoms with Crippen molar-refractivity contribution in [2.45, 2.75) is 0 Å². The number of carboxylic acids is 1. The molecular formula is C7H6Cl2N2O4S. The van der Waals surface area contributed by atoms with Crippen LogP contribution in [0.2, 0.25) is 10.0 Å². The third kappa shape index (κ3) is 2.99. The topological polar surface area (TPSA) is 109 Å². The van der Waals surface area contributed by atoms with Gasteiger partial charge in [0, 0.05) is 0 Å². The molecule has 1 aromatic rings. The lowest BCUT2D eigenvalue weighted by atomic mass is 10.2. The number of anilines is 1. The number of halogens is 2. The average Bonchev–Trinajstić information content (AvgIpc) is 2.08. The van der Waals surface area contributed by atoms with E-state index in [0.717, 1.165) is 0 Å². The van der Waals surface area contributed by atoms with Crippen LogP contribution in [0.25, 0.3) is 0 Å². The van der Waals surface area contributed by atoms with Crippen LogP contribution >= 0.6 is 23.2 Å². The highest BCUT2D eigenvalue weighted by atomic mass is 35.5. The molecule has 1 rings (SSSR count). The maximum atomic E-state index is 10.9. The number of benzene rings is 1. The van der Waals surface area contributed by atoms with Gasteiger partial charge in [-0.25, -0.2) is 9.93 Å². The van der Waals surface area contributed by atoms with E-state index in [4.69, 9.17) is 33.4 Å². The zero-order valence-corrected chi connectivity index (χ0v) is 9.90. The van der Waals surface area contributed by atoms with Crippen molar-refractivity contribution in [3.05, 3.63) is 27.7 Å². The van der Waals surface area contributed by atoms with Gasteiger partial charge in [0.25, 0.3) is 10.2 Å². The molecule has 0 saturated heterocycles. The second kappa shape index (κ2) is 4.46. The predicted molar refractivity (Wildman–Crippen MR) is 60.2 cm³/mol. The Bertz CT molecular complexity index is 544. The van der Waals surface area contributed by atoms with Crippen LogP contribution in [0.4, 0.5) is 5.69 Å². The van der Waals surface area contributed by atoms with Crippen molar-refractivity contribution in [1.82, 2.24) is 0 Å². The lowest BCUT2D eigenvalue weighted by Crippen LogP contribution is -2.23. The first-order valence-corrected chi connectivity index (χ1v) is 6.04. The number of hydrogen-bond acceptors (Lipinski definition) is 3. The van der Waals surface area contributed by atoms with Gasteiger partial charge in [-0.3, -0.25) is 4.72 Å². The Morgan fingerprint density at radius 1 is 1.31 bits per heavy atom.